The molecule has 0 atom stereocenters. The van der Waals surface area contributed by atoms with Gasteiger partial charge < -0.3 is 57.5 Å². The van der Waals surface area contributed by atoms with E-state index in [0.717, 1.165) is 93.4 Å². The van der Waals surface area contributed by atoms with E-state index in [2.05, 4.69) is 73.3 Å². The maximum atomic E-state index is 13.4. The monoisotopic (exact) mass is 2190 g/mol. The van der Waals surface area contributed by atoms with Crippen LogP contribution in [0.4, 0.5) is 22.0 Å². The largest absolute Gasteiger partial charge is 0.495 e. The minimum Gasteiger partial charge on any atom is -0.478 e. The minimum atomic E-state index is -4.60. The van der Waals surface area contributed by atoms with Gasteiger partial charge in [-0.3, -0.25) is 4.79 Å². The zero-order valence-corrected chi connectivity index (χ0v) is 88.7. The second kappa shape index (κ2) is 59.8. The number of benzene rings is 7. The SMILES string of the molecule is C.C.C.C.C.CC1(C)OB(B2OC(C)(C)C(C)(C)O2)OC1(C)C.CCOC(=O)c1cc(C)ccc1-c1ccncn1.CCOC(=O)c1cc(C)ccc1B1OC(C)(C)C(C)(C)O1.CCOC(=O)c1cc(C)ccc1Br.Cc1ccc(-c2ccncn2)c(C(=O)O)c1.Cl.Cl.Clc1ccncn1.N#CC1(Cc2ccc(F)cc2)CCN(C(=O)c2cc(C(F)(F)F)ccc2-c2ccncn2)CC1.N#CC1(Cc2ccc(F)cc2)CCNCC1. The highest BCUT2D eigenvalue weighted by molar-refractivity contribution is 9.10. The summed E-state index contributed by atoms with van der Waals surface area (Å²) in [6, 6.07) is 49.0. The van der Waals surface area contributed by atoms with Crippen LogP contribution < -0.4 is 10.8 Å². The van der Waals surface area contributed by atoms with E-state index >= 15 is 0 Å². The Morgan fingerprint density at radius 2 is 0.780 bits per heavy atom. The van der Waals surface area contributed by atoms with Gasteiger partial charge in [-0.2, -0.15) is 23.7 Å². The molecule has 0 radical (unpaired) electrons. The number of carbonyl (C=O) groups excluding carboxylic acids is 4. The standard InChI is InChI=1S/C25H20F4N4O.C16H23BO4.C14H14N2O2.C13H15FN2.C12H24B2O4.C12H10N2O2.C10H11BrO2.C4H3ClN2.5CH4.2ClH/c26-19-4-1-17(2-5-19)14-24(15-30)8-11-33(12-9-24)23(34)21-13-18(25(27,28)29)3-6-20(21)22-7-10-31-16-32-22;1-7-19-14(18)12-10-11(2)8-9-13(12)17-20-15(3,4)16(5,6)21-17;1-3-18-14(17)12-8-10(2)4-5-11(12)13-6-7-15-9-16-13;14-12-3-1-11(2-4-12)9-13(10-15)5-7-16-8-6-13;1-9(2)10(3,4)16-13(15-9)14-17-11(5,6)12(7,8)18-14;1-8-2-3-9(10(6-8)12(15)16)11-4-5-13-7-14-11;1-3-13-10(12)8-6-7(2)4-5-9(8)11;5-4-1-2-6-3-7-4;;;;;;;/h1-7,10,13,16H,8-9,11-12,14H2;8-10H,7H2,1-6H3;4-9H,3H2,1-2H3;1-4,16H,5-9H2;1-8H3;2-7H,1H3,(H,15,16);4-6H,3H2,1-2H3;1-3H;5*1H4;2*1H. The number of halogens is 9. The molecule has 0 bridgehead atoms. The fourth-order valence-corrected chi connectivity index (χ4v) is 15.7. The number of carbonyl (C=O) groups is 5. The van der Waals surface area contributed by atoms with E-state index < -0.39 is 61.4 Å². The van der Waals surface area contributed by atoms with Gasteiger partial charge in [0, 0.05) is 64.6 Å². The molecule has 27 nitrogen and oxygen atoms in total. The summed E-state index contributed by atoms with van der Waals surface area (Å²) >= 11 is 8.69. The summed E-state index contributed by atoms with van der Waals surface area (Å²) in [5.41, 5.74) is 7.44. The quantitative estimate of drug-likeness (QED) is 0.0281. The van der Waals surface area contributed by atoms with Crippen molar-refractivity contribution in [1.29, 1.82) is 10.5 Å². The number of esters is 3. The average molecular weight is 2200 g/mol. The summed E-state index contributed by atoms with van der Waals surface area (Å²) in [5.74, 6) is -3.03. The minimum absolute atomic E-state index is 0. The lowest BCUT2D eigenvalue weighted by Gasteiger charge is -2.37. The number of aromatic nitrogens is 8. The molecule has 7 aromatic carbocycles. The van der Waals surface area contributed by atoms with Crippen molar-refractivity contribution >= 4 is 109 Å². The number of nitrogens with zero attached hydrogens (tertiary/aromatic N) is 11. The van der Waals surface area contributed by atoms with Crippen LogP contribution in [0.2, 0.25) is 5.15 Å². The zero-order valence-electron chi connectivity index (χ0n) is 84.7. The van der Waals surface area contributed by atoms with Gasteiger partial charge in [0.05, 0.1) is 121 Å². The van der Waals surface area contributed by atoms with Crippen molar-refractivity contribution < 1.29 is 93.2 Å². The van der Waals surface area contributed by atoms with E-state index in [1.165, 1.54) is 72.8 Å². The van der Waals surface area contributed by atoms with E-state index in [1.54, 1.807) is 94.0 Å². The first-order chi connectivity index (χ1) is 67.4. The van der Waals surface area contributed by atoms with E-state index in [1.807, 2.05) is 171 Å². The number of piperidine rings is 2. The van der Waals surface area contributed by atoms with Crippen molar-refractivity contribution in [2.75, 3.05) is 46.0 Å². The number of ether oxygens (including phenoxy) is 3. The number of likely N-dealkylation sites (tertiary alicyclic amines) is 1. The van der Waals surface area contributed by atoms with Crippen molar-refractivity contribution in [3.63, 3.8) is 0 Å². The summed E-state index contributed by atoms with van der Waals surface area (Å²) in [4.78, 5) is 92.5. The third-order valence-electron chi connectivity index (χ3n) is 25.3. The molecule has 5 aliphatic heterocycles. The number of carboxylic acid groups (broad SMARTS) is 1. The van der Waals surface area contributed by atoms with Gasteiger partial charge in [0.2, 0.25) is 0 Å². The predicted octanol–water partition coefficient (Wildman–Crippen LogP) is 25.1. The van der Waals surface area contributed by atoms with Gasteiger partial charge in [-0.1, -0.05) is 144 Å². The zero-order chi connectivity index (χ0) is 105. The lowest BCUT2D eigenvalue weighted by molar-refractivity contribution is -0.137. The molecule has 808 valence electrons. The van der Waals surface area contributed by atoms with Crippen LogP contribution in [-0.2, 0) is 61.2 Å². The average Bonchev–Trinajstić information content (AvgIpc) is 1.60. The number of hydrogen-bond acceptors (Lipinski definition) is 25. The van der Waals surface area contributed by atoms with Crippen LogP contribution in [0, 0.1) is 72.8 Å². The first-order valence-corrected chi connectivity index (χ1v) is 47.8. The van der Waals surface area contributed by atoms with Gasteiger partial charge in [-0.05, 0) is 307 Å². The molecule has 150 heavy (non-hydrogen) atoms. The van der Waals surface area contributed by atoms with Gasteiger partial charge in [0.25, 0.3) is 5.91 Å². The van der Waals surface area contributed by atoms with Crippen LogP contribution in [0.3, 0.4) is 0 Å². The summed E-state index contributed by atoms with van der Waals surface area (Å²) < 4.78 is 118. The number of aromatic carboxylic acids is 1. The number of nitrogens with one attached hydrogen (secondary N) is 1. The summed E-state index contributed by atoms with van der Waals surface area (Å²) in [6.45, 7) is 40.6. The van der Waals surface area contributed by atoms with Crippen LogP contribution in [0.25, 0.3) is 33.8 Å². The number of nitriles is 2. The van der Waals surface area contributed by atoms with Crippen molar-refractivity contribution in [3.8, 4) is 45.9 Å². The van der Waals surface area contributed by atoms with Crippen LogP contribution in [-0.4, -0.2) is 180 Å². The molecule has 1 amide bonds. The number of aryl methyl sites for hydroxylation is 4. The summed E-state index contributed by atoms with van der Waals surface area (Å²) in [7, 11) is -1.51. The molecule has 0 unspecified atom stereocenters. The van der Waals surface area contributed by atoms with Crippen LogP contribution in [0.5, 0.6) is 0 Å². The molecule has 5 fully saturated rings. The predicted molar refractivity (Wildman–Crippen MR) is 588 cm³/mol. The fourth-order valence-electron chi connectivity index (χ4n) is 15.2. The Morgan fingerprint density at radius 1 is 0.447 bits per heavy atom. The number of amides is 1. The smallest absolute Gasteiger partial charge is 0.478 e. The second-order valence-corrected chi connectivity index (χ2v) is 38.7. The van der Waals surface area contributed by atoms with Gasteiger partial charge >= 0.3 is 51.2 Å². The maximum Gasteiger partial charge on any atom is 0.495 e. The molecular weight excluding hydrogens is 2050 g/mol. The first kappa shape index (κ1) is 134. The molecule has 2 N–H and O–H groups in total. The molecule has 16 rings (SSSR count). The highest BCUT2D eigenvalue weighted by Crippen LogP contribution is 2.45. The normalized spacial score (nSPS) is 15.7. The molecule has 4 aromatic heterocycles. The highest BCUT2D eigenvalue weighted by Gasteiger charge is 2.64. The van der Waals surface area contributed by atoms with E-state index in [4.69, 9.17) is 58.8 Å². The Labute approximate surface area is 908 Å². The molecule has 11 aromatic rings. The van der Waals surface area contributed by atoms with Gasteiger partial charge in [0.15, 0.2) is 0 Å². The van der Waals surface area contributed by atoms with Crippen LogP contribution >= 0.6 is 52.3 Å². The number of rotatable bonds is 17. The van der Waals surface area contributed by atoms with E-state index in [9.17, 15) is 56.4 Å². The second-order valence-electron chi connectivity index (χ2n) is 37.5. The lowest BCUT2D eigenvalue weighted by Crippen LogP contribution is -2.43. The number of hydrogen-bond donors (Lipinski definition) is 2. The van der Waals surface area contributed by atoms with Crippen molar-refractivity contribution in [1.82, 2.24) is 50.1 Å². The number of carboxylic acids is 1. The van der Waals surface area contributed by atoms with Gasteiger partial charge in [-0.25, -0.2) is 67.8 Å². The Bertz CT molecular complexity index is 6140. The summed E-state index contributed by atoms with van der Waals surface area (Å²) in [6.07, 6.45) is 10.8. The van der Waals surface area contributed by atoms with Gasteiger partial charge in [0.1, 0.15) is 42.1 Å². The fraction of sp³-hybridized carbons (Fsp3) is 0.414. The molecule has 0 saturated carbocycles. The number of alkyl halides is 3. The molecule has 9 heterocycles. The maximum absolute atomic E-state index is 13.4. The van der Waals surface area contributed by atoms with Crippen LogP contribution in [0.15, 0.2) is 218 Å². The molecule has 5 saturated heterocycles. The third-order valence-corrected chi connectivity index (χ3v) is 26.2. The third kappa shape index (κ3) is 37.0. The van der Waals surface area contributed by atoms with Crippen LogP contribution in [0.1, 0.15) is 257 Å². The van der Waals surface area contributed by atoms with Crippen molar-refractivity contribution in [2.45, 2.75) is 247 Å². The molecule has 0 spiro atoms. The highest BCUT2D eigenvalue weighted by atomic mass is 79.9. The summed E-state index contributed by atoms with van der Waals surface area (Å²) in [5, 5.41) is 32.0. The van der Waals surface area contributed by atoms with E-state index in [-0.39, 0.29) is 149 Å². The topological polar surface area (TPSA) is 355 Å². The van der Waals surface area contributed by atoms with Crippen molar-refractivity contribution in [2.24, 2.45) is 10.8 Å². The molecular formula is C111H142B3BrCl3F5N12O15. The Kier molecular flexibility index (Phi) is 53.5. The van der Waals surface area contributed by atoms with E-state index in [0.29, 0.717) is 83.6 Å². The Hall–Kier alpha value is -11.9. The lowest BCUT2D eigenvalue weighted by atomic mass is 9.49. The molecule has 5 aliphatic rings. The Balaban J connectivity index is 0.000000591. The molecule has 0 aliphatic carbocycles. The first-order valence-electron chi connectivity index (χ1n) is 46.6. The van der Waals surface area contributed by atoms with Gasteiger partial charge in [-0.15, -0.1) is 24.8 Å². The molecule has 39 heteroatoms. The van der Waals surface area contributed by atoms with Crippen molar-refractivity contribution in [3.05, 3.63) is 302 Å². The Morgan fingerprint density at radius 3 is 1.14 bits per heavy atom.